The van der Waals surface area contributed by atoms with Crippen LogP contribution in [-0.2, 0) is 17.8 Å². The maximum Gasteiger partial charge on any atom is 0.223 e. The van der Waals surface area contributed by atoms with Crippen LogP contribution in [0.25, 0.3) is 0 Å². The number of nitrogens with zero attached hydrogens (tertiary/aromatic N) is 3. The summed E-state index contributed by atoms with van der Waals surface area (Å²) in [5, 5.41) is 0. The Hall–Kier alpha value is -1.42. The molecule has 3 heterocycles. The molecule has 1 amide bonds. The molecule has 0 unspecified atom stereocenters. The van der Waals surface area contributed by atoms with Gasteiger partial charge in [0.1, 0.15) is 0 Å². The third-order valence-corrected chi connectivity index (χ3v) is 5.16. The van der Waals surface area contributed by atoms with E-state index in [0.717, 1.165) is 57.6 Å². The number of hydrogen-bond donors (Lipinski definition) is 0. The first-order valence-electron chi connectivity index (χ1n) is 8.58. The van der Waals surface area contributed by atoms with Crippen molar-refractivity contribution in [2.45, 2.75) is 52.1 Å². The van der Waals surface area contributed by atoms with Gasteiger partial charge in [0.25, 0.3) is 0 Å². The van der Waals surface area contributed by atoms with Crippen molar-refractivity contribution in [3.63, 3.8) is 0 Å². The van der Waals surface area contributed by atoms with Crippen molar-refractivity contribution in [3.8, 4) is 0 Å². The number of piperidine rings is 1. The standard InChI is InChI=1S/C18H27N3O/c1-14(2)20-9-5-15(6-10-20)12-18(22)21-11-7-17-16(13-21)4-3-8-19-17/h3-4,8,14-15H,5-7,9-13H2,1-2H3. The van der Waals surface area contributed by atoms with Gasteiger partial charge in [-0.15, -0.1) is 0 Å². The lowest BCUT2D eigenvalue weighted by atomic mass is 9.92. The summed E-state index contributed by atoms with van der Waals surface area (Å²) in [7, 11) is 0. The van der Waals surface area contributed by atoms with E-state index in [0.29, 0.717) is 17.9 Å². The first-order chi connectivity index (χ1) is 10.6. The molecule has 120 valence electrons. The van der Waals surface area contributed by atoms with Crippen molar-refractivity contribution >= 4 is 5.91 Å². The topological polar surface area (TPSA) is 36.4 Å². The van der Waals surface area contributed by atoms with Crippen molar-refractivity contribution < 1.29 is 4.79 Å². The highest BCUT2D eigenvalue weighted by atomic mass is 16.2. The second-order valence-corrected chi connectivity index (χ2v) is 6.95. The van der Waals surface area contributed by atoms with Gasteiger partial charge in [0.2, 0.25) is 5.91 Å². The molecule has 0 spiro atoms. The van der Waals surface area contributed by atoms with E-state index in [4.69, 9.17) is 0 Å². The van der Waals surface area contributed by atoms with E-state index in [-0.39, 0.29) is 0 Å². The Labute approximate surface area is 133 Å². The molecule has 3 rings (SSSR count). The zero-order valence-electron chi connectivity index (χ0n) is 13.8. The van der Waals surface area contributed by atoms with Crippen LogP contribution >= 0.6 is 0 Å². The molecule has 2 aliphatic heterocycles. The van der Waals surface area contributed by atoms with Gasteiger partial charge in [-0.1, -0.05) is 6.07 Å². The highest BCUT2D eigenvalue weighted by molar-refractivity contribution is 5.76. The molecule has 0 saturated carbocycles. The average molecular weight is 301 g/mol. The number of pyridine rings is 1. The minimum atomic E-state index is 0.331. The Balaban J connectivity index is 1.51. The van der Waals surface area contributed by atoms with E-state index < -0.39 is 0 Å². The number of aromatic nitrogens is 1. The van der Waals surface area contributed by atoms with Crippen LogP contribution in [0.2, 0.25) is 0 Å². The lowest BCUT2D eigenvalue weighted by Crippen LogP contribution is -2.41. The molecule has 0 radical (unpaired) electrons. The largest absolute Gasteiger partial charge is 0.338 e. The molecule has 0 aliphatic carbocycles. The molecule has 1 fully saturated rings. The molecule has 1 aromatic heterocycles. The fraction of sp³-hybridized carbons (Fsp3) is 0.667. The lowest BCUT2D eigenvalue weighted by Gasteiger charge is -2.35. The average Bonchev–Trinajstić information content (AvgIpc) is 2.55. The first-order valence-corrected chi connectivity index (χ1v) is 8.58. The number of rotatable bonds is 3. The van der Waals surface area contributed by atoms with Crippen LogP contribution in [0.4, 0.5) is 0 Å². The van der Waals surface area contributed by atoms with Crippen molar-refractivity contribution in [3.05, 3.63) is 29.6 Å². The Morgan fingerprint density at radius 1 is 1.32 bits per heavy atom. The summed E-state index contributed by atoms with van der Waals surface area (Å²) in [4.78, 5) is 21.5. The molecule has 0 atom stereocenters. The third kappa shape index (κ3) is 3.49. The smallest absolute Gasteiger partial charge is 0.223 e. The Morgan fingerprint density at radius 3 is 2.82 bits per heavy atom. The highest BCUT2D eigenvalue weighted by Gasteiger charge is 2.26. The van der Waals surface area contributed by atoms with Gasteiger partial charge in [-0.2, -0.15) is 0 Å². The van der Waals surface area contributed by atoms with Crippen molar-refractivity contribution in [1.29, 1.82) is 0 Å². The van der Waals surface area contributed by atoms with Gasteiger partial charge in [0, 0.05) is 43.9 Å². The molecule has 4 nitrogen and oxygen atoms in total. The fourth-order valence-corrected chi connectivity index (χ4v) is 3.63. The number of hydrogen-bond acceptors (Lipinski definition) is 3. The van der Waals surface area contributed by atoms with E-state index in [1.807, 2.05) is 17.2 Å². The van der Waals surface area contributed by atoms with Crippen LogP contribution in [0.15, 0.2) is 18.3 Å². The number of fused-ring (bicyclic) bond motifs is 1. The summed E-state index contributed by atoms with van der Waals surface area (Å²) < 4.78 is 0. The van der Waals surface area contributed by atoms with Gasteiger partial charge >= 0.3 is 0 Å². The highest BCUT2D eigenvalue weighted by Crippen LogP contribution is 2.24. The van der Waals surface area contributed by atoms with E-state index in [1.165, 1.54) is 5.56 Å². The van der Waals surface area contributed by atoms with E-state index in [1.54, 1.807) is 0 Å². The van der Waals surface area contributed by atoms with Gasteiger partial charge in [-0.05, 0) is 57.3 Å². The Bertz CT molecular complexity index is 521. The normalized spacial score (nSPS) is 20.2. The van der Waals surface area contributed by atoms with E-state index >= 15 is 0 Å². The second kappa shape index (κ2) is 6.78. The molecule has 1 saturated heterocycles. The molecule has 2 aliphatic rings. The second-order valence-electron chi connectivity index (χ2n) is 6.95. The van der Waals surface area contributed by atoms with Crippen LogP contribution in [0, 0.1) is 5.92 Å². The van der Waals surface area contributed by atoms with Gasteiger partial charge in [0.05, 0.1) is 0 Å². The zero-order chi connectivity index (χ0) is 15.5. The summed E-state index contributed by atoms with van der Waals surface area (Å²) in [5.41, 5.74) is 2.38. The molecule has 0 aromatic carbocycles. The number of carbonyl (C=O) groups excluding carboxylic acids is 1. The van der Waals surface area contributed by atoms with Crippen molar-refractivity contribution in [1.82, 2.24) is 14.8 Å². The third-order valence-electron chi connectivity index (χ3n) is 5.16. The summed E-state index contributed by atoms with van der Waals surface area (Å²) >= 11 is 0. The maximum absolute atomic E-state index is 12.6. The minimum absolute atomic E-state index is 0.331. The lowest BCUT2D eigenvalue weighted by molar-refractivity contribution is -0.133. The molecule has 4 heteroatoms. The summed E-state index contributed by atoms with van der Waals surface area (Å²) in [6, 6.07) is 4.69. The van der Waals surface area contributed by atoms with Gasteiger partial charge in [-0.25, -0.2) is 0 Å². The predicted octanol–water partition coefficient (Wildman–Crippen LogP) is 2.48. The minimum Gasteiger partial charge on any atom is -0.338 e. The van der Waals surface area contributed by atoms with Crippen molar-refractivity contribution in [2.75, 3.05) is 19.6 Å². The summed E-state index contributed by atoms with van der Waals surface area (Å²) in [6.07, 6.45) is 5.79. The molecule has 0 bridgehead atoms. The molecule has 1 aromatic rings. The number of likely N-dealkylation sites (tertiary alicyclic amines) is 1. The van der Waals surface area contributed by atoms with Crippen molar-refractivity contribution in [2.24, 2.45) is 5.92 Å². The van der Waals surface area contributed by atoms with E-state index in [2.05, 4.69) is 29.8 Å². The molecule has 0 N–H and O–H groups in total. The van der Waals surface area contributed by atoms with Gasteiger partial charge in [0.15, 0.2) is 0 Å². The van der Waals surface area contributed by atoms with E-state index in [9.17, 15) is 4.79 Å². The first kappa shape index (κ1) is 15.5. The molecule has 22 heavy (non-hydrogen) atoms. The van der Waals surface area contributed by atoms with Crippen LogP contribution < -0.4 is 0 Å². The SMILES string of the molecule is CC(C)N1CCC(CC(=O)N2CCc3ncccc3C2)CC1. The quantitative estimate of drug-likeness (QED) is 0.860. The number of carbonyl (C=O) groups is 1. The Kier molecular flexibility index (Phi) is 4.77. The van der Waals surface area contributed by atoms with Gasteiger partial charge in [-0.3, -0.25) is 9.78 Å². The van der Waals surface area contributed by atoms with Crippen LogP contribution in [0.5, 0.6) is 0 Å². The van der Waals surface area contributed by atoms with Crippen LogP contribution in [0.1, 0.15) is 44.4 Å². The zero-order valence-corrected chi connectivity index (χ0v) is 13.8. The maximum atomic E-state index is 12.6. The summed E-state index contributed by atoms with van der Waals surface area (Å²) in [5.74, 6) is 0.898. The fourth-order valence-electron chi connectivity index (χ4n) is 3.63. The number of amides is 1. The van der Waals surface area contributed by atoms with Crippen LogP contribution in [0.3, 0.4) is 0 Å². The molecular weight excluding hydrogens is 274 g/mol. The molecular formula is C18H27N3O. The Morgan fingerprint density at radius 2 is 2.09 bits per heavy atom. The van der Waals surface area contributed by atoms with Gasteiger partial charge < -0.3 is 9.80 Å². The van der Waals surface area contributed by atoms with Crippen LogP contribution in [-0.4, -0.2) is 46.4 Å². The predicted molar refractivity (Wildman–Crippen MR) is 87.4 cm³/mol. The monoisotopic (exact) mass is 301 g/mol. The summed E-state index contributed by atoms with van der Waals surface area (Å²) in [6.45, 7) is 8.36.